The summed E-state index contributed by atoms with van der Waals surface area (Å²) in [6.07, 6.45) is 1.81. The predicted molar refractivity (Wildman–Crippen MR) is 143 cm³/mol. The number of rotatable bonds is 9. The van der Waals surface area contributed by atoms with Gasteiger partial charge >= 0.3 is 5.97 Å². The van der Waals surface area contributed by atoms with E-state index in [0.29, 0.717) is 38.7 Å². The van der Waals surface area contributed by atoms with Gasteiger partial charge in [0.05, 0.1) is 28.6 Å². The Labute approximate surface area is 225 Å². The molecule has 0 spiro atoms. The second-order valence-corrected chi connectivity index (χ2v) is 10.2. The number of hydrogen-bond donors (Lipinski definition) is 0. The number of aromatic nitrogens is 1. The van der Waals surface area contributed by atoms with Crippen molar-refractivity contribution >= 4 is 39.9 Å². The second kappa shape index (κ2) is 10.6. The standard InChI is InChI=1S/C29H27Cl2NO5/c1-16(29(33)34-3)17(2)36-22-12-10-19-13-21(11-9-20(19)14-22)35-15-23-27(32-37-28(23)18-7-8-18)26-24(30)5-4-6-25(26)31/h4-6,9-14,16-18H,7-8,15H2,1-3H3/t16-,17?/m0/s1. The van der Waals surface area contributed by atoms with E-state index in [-0.39, 0.29) is 24.6 Å². The van der Waals surface area contributed by atoms with Crippen LogP contribution >= 0.6 is 23.2 Å². The minimum absolute atomic E-state index is 0.280. The van der Waals surface area contributed by atoms with Crippen LogP contribution in [0.4, 0.5) is 0 Å². The molecule has 1 heterocycles. The maximum absolute atomic E-state index is 11.8. The van der Waals surface area contributed by atoms with Crippen LogP contribution in [0, 0.1) is 5.92 Å². The third kappa shape index (κ3) is 5.41. The summed E-state index contributed by atoms with van der Waals surface area (Å²) in [7, 11) is 1.38. The van der Waals surface area contributed by atoms with Crippen LogP contribution in [0.25, 0.3) is 22.0 Å². The van der Waals surface area contributed by atoms with Crippen LogP contribution in [0.15, 0.2) is 59.1 Å². The van der Waals surface area contributed by atoms with Crippen molar-refractivity contribution in [3.05, 3.63) is 76.0 Å². The third-order valence-electron chi connectivity index (χ3n) is 6.73. The summed E-state index contributed by atoms with van der Waals surface area (Å²) in [5.41, 5.74) is 2.15. The maximum atomic E-state index is 11.8. The van der Waals surface area contributed by atoms with Gasteiger partial charge in [0.1, 0.15) is 35.7 Å². The Kier molecular flexibility index (Phi) is 7.31. The van der Waals surface area contributed by atoms with Crippen molar-refractivity contribution in [2.24, 2.45) is 5.92 Å². The highest BCUT2D eigenvalue weighted by atomic mass is 35.5. The Balaban J connectivity index is 1.35. The number of methoxy groups -OCH3 is 1. The summed E-state index contributed by atoms with van der Waals surface area (Å²) in [6, 6.07) is 17.1. The van der Waals surface area contributed by atoms with E-state index in [4.69, 9.17) is 41.9 Å². The molecule has 1 fully saturated rings. The molecule has 37 heavy (non-hydrogen) atoms. The molecule has 0 bridgehead atoms. The van der Waals surface area contributed by atoms with Gasteiger partial charge in [-0.05, 0) is 73.9 Å². The minimum atomic E-state index is -0.375. The molecule has 8 heteroatoms. The van der Waals surface area contributed by atoms with Gasteiger partial charge in [0.25, 0.3) is 0 Å². The van der Waals surface area contributed by atoms with Gasteiger partial charge < -0.3 is 18.7 Å². The predicted octanol–water partition coefficient (Wildman–Crippen LogP) is 7.83. The van der Waals surface area contributed by atoms with Crippen molar-refractivity contribution in [2.75, 3.05) is 7.11 Å². The minimum Gasteiger partial charge on any atom is -0.490 e. The van der Waals surface area contributed by atoms with E-state index in [1.807, 2.05) is 43.3 Å². The first-order valence-corrected chi connectivity index (χ1v) is 12.9. The fourth-order valence-corrected chi connectivity index (χ4v) is 4.84. The summed E-state index contributed by atoms with van der Waals surface area (Å²) in [4.78, 5) is 11.8. The first kappa shape index (κ1) is 25.4. The Morgan fingerprint density at radius 2 is 1.68 bits per heavy atom. The lowest BCUT2D eigenvalue weighted by Crippen LogP contribution is -2.29. The number of carbonyl (C=O) groups excluding carboxylic acids is 1. The van der Waals surface area contributed by atoms with E-state index >= 15 is 0 Å². The topological polar surface area (TPSA) is 70.8 Å². The van der Waals surface area contributed by atoms with Crippen molar-refractivity contribution in [1.82, 2.24) is 5.16 Å². The van der Waals surface area contributed by atoms with Crippen molar-refractivity contribution in [1.29, 1.82) is 0 Å². The smallest absolute Gasteiger partial charge is 0.312 e. The molecule has 0 N–H and O–H groups in total. The highest BCUT2D eigenvalue weighted by molar-refractivity contribution is 6.39. The Bertz CT molecular complexity index is 1430. The molecule has 1 aliphatic carbocycles. The number of carbonyl (C=O) groups is 1. The molecule has 0 radical (unpaired) electrons. The number of hydrogen-bond acceptors (Lipinski definition) is 6. The van der Waals surface area contributed by atoms with Crippen LogP contribution in [-0.4, -0.2) is 24.3 Å². The van der Waals surface area contributed by atoms with Crippen LogP contribution in [0.1, 0.15) is 43.9 Å². The zero-order chi connectivity index (χ0) is 26.1. The first-order valence-electron chi connectivity index (χ1n) is 12.2. The van der Waals surface area contributed by atoms with Crippen LogP contribution < -0.4 is 9.47 Å². The van der Waals surface area contributed by atoms with E-state index in [9.17, 15) is 4.79 Å². The van der Waals surface area contributed by atoms with Gasteiger partial charge in [-0.25, -0.2) is 0 Å². The molecule has 1 aromatic heterocycles. The molecule has 6 nitrogen and oxygen atoms in total. The average molecular weight is 540 g/mol. The number of fused-ring (bicyclic) bond motifs is 1. The van der Waals surface area contributed by atoms with Crippen LogP contribution in [0.3, 0.4) is 0 Å². The van der Waals surface area contributed by atoms with Crippen molar-refractivity contribution in [2.45, 2.75) is 45.3 Å². The molecule has 3 aromatic carbocycles. The number of esters is 1. The highest BCUT2D eigenvalue weighted by Gasteiger charge is 2.33. The van der Waals surface area contributed by atoms with Crippen LogP contribution in [0.2, 0.25) is 10.0 Å². The molecule has 0 aliphatic heterocycles. The van der Waals surface area contributed by atoms with Crippen molar-refractivity contribution in [3.8, 4) is 22.8 Å². The normalized spacial score (nSPS) is 14.8. The van der Waals surface area contributed by atoms with Gasteiger partial charge in [-0.2, -0.15) is 0 Å². The number of nitrogens with zero attached hydrogens (tertiary/aromatic N) is 1. The molecule has 0 amide bonds. The average Bonchev–Trinajstić information content (AvgIpc) is 3.66. The van der Waals surface area contributed by atoms with E-state index in [1.54, 1.807) is 25.1 Å². The van der Waals surface area contributed by atoms with E-state index < -0.39 is 0 Å². The Morgan fingerprint density at radius 3 is 2.32 bits per heavy atom. The third-order valence-corrected chi connectivity index (χ3v) is 7.36. The van der Waals surface area contributed by atoms with Crippen molar-refractivity contribution < 1.29 is 23.5 Å². The summed E-state index contributed by atoms with van der Waals surface area (Å²) < 4.78 is 22.7. The summed E-state index contributed by atoms with van der Waals surface area (Å²) >= 11 is 12.9. The SMILES string of the molecule is COC(=O)[C@@H](C)C(C)Oc1ccc2cc(OCc3c(-c4c(Cl)cccc4Cl)noc3C3CC3)ccc2c1. The van der Waals surface area contributed by atoms with Gasteiger partial charge in [-0.1, -0.05) is 46.6 Å². The molecule has 5 rings (SSSR count). The van der Waals surface area contributed by atoms with Gasteiger partial charge in [0.15, 0.2) is 0 Å². The highest BCUT2D eigenvalue weighted by Crippen LogP contribution is 2.46. The number of ether oxygens (including phenoxy) is 3. The van der Waals surface area contributed by atoms with Gasteiger partial charge in [-0.15, -0.1) is 0 Å². The molecule has 1 saturated carbocycles. The molecular formula is C29H27Cl2NO5. The zero-order valence-electron chi connectivity index (χ0n) is 20.8. The lowest BCUT2D eigenvalue weighted by atomic mass is 10.0. The monoisotopic (exact) mass is 539 g/mol. The van der Waals surface area contributed by atoms with Gasteiger partial charge in [-0.3, -0.25) is 4.79 Å². The first-order chi connectivity index (χ1) is 17.9. The zero-order valence-corrected chi connectivity index (χ0v) is 22.3. The van der Waals surface area contributed by atoms with E-state index in [0.717, 1.165) is 34.9 Å². The molecule has 0 saturated heterocycles. The Morgan fingerprint density at radius 1 is 1.03 bits per heavy atom. The molecule has 1 unspecified atom stereocenters. The van der Waals surface area contributed by atoms with Gasteiger partial charge in [0, 0.05) is 11.5 Å². The van der Waals surface area contributed by atoms with E-state index in [2.05, 4.69) is 5.16 Å². The fourth-order valence-electron chi connectivity index (χ4n) is 4.26. The number of halogens is 2. The molecular weight excluding hydrogens is 513 g/mol. The van der Waals surface area contributed by atoms with Crippen molar-refractivity contribution in [3.63, 3.8) is 0 Å². The second-order valence-electron chi connectivity index (χ2n) is 9.34. The van der Waals surface area contributed by atoms with E-state index in [1.165, 1.54) is 7.11 Å². The molecule has 192 valence electrons. The summed E-state index contributed by atoms with van der Waals surface area (Å²) in [6.45, 7) is 3.92. The quantitative estimate of drug-likeness (QED) is 0.202. The van der Waals surface area contributed by atoms with Crippen LogP contribution in [0.5, 0.6) is 11.5 Å². The lowest BCUT2D eigenvalue weighted by Gasteiger charge is -2.20. The molecule has 1 aliphatic rings. The lowest BCUT2D eigenvalue weighted by molar-refractivity contribution is -0.147. The van der Waals surface area contributed by atoms with Gasteiger partial charge in [0.2, 0.25) is 0 Å². The van der Waals surface area contributed by atoms with Crippen LogP contribution in [-0.2, 0) is 16.1 Å². The number of benzene rings is 3. The fraction of sp³-hybridized carbons (Fsp3) is 0.310. The maximum Gasteiger partial charge on any atom is 0.312 e. The Hall–Kier alpha value is -3.22. The summed E-state index contributed by atoms with van der Waals surface area (Å²) in [5, 5.41) is 7.36. The largest absolute Gasteiger partial charge is 0.490 e. The summed E-state index contributed by atoms with van der Waals surface area (Å²) in [5.74, 6) is 1.91. The molecule has 4 aromatic rings. The molecule has 2 atom stereocenters.